The summed E-state index contributed by atoms with van der Waals surface area (Å²) in [6, 6.07) is 21.9. The van der Waals surface area contributed by atoms with Crippen molar-refractivity contribution in [3.63, 3.8) is 0 Å². The van der Waals surface area contributed by atoms with Crippen molar-refractivity contribution in [3.05, 3.63) is 100.0 Å². The second-order valence-corrected chi connectivity index (χ2v) is 12.4. The smallest absolute Gasteiger partial charge is 0.250 e. The van der Waals surface area contributed by atoms with Crippen LogP contribution in [-0.4, -0.2) is 27.2 Å². The van der Waals surface area contributed by atoms with Crippen molar-refractivity contribution in [2.75, 3.05) is 0 Å². The molecule has 1 aromatic heterocycles. The molecule has 0 bridgehead atoms. The first-order valence-electron chi connectivity index (χ1n) is 15.2. The van der Waals surface area contributed by atoms with E-state index >= 15 is 0 Å². The molecule has 1 spiro atoms. The van der Waals surface area contributed by atoms with Gasteiger partial charge in [-0.05, 0) is 92.9 Å². The highest BCUT2D eigenvalue weighted by molar-refractivity contribution is 5.96. The average molecular weight is 540 g/mol. The Hall–Kier alpha value is -3.18. The van der Waals surface area contributed by atoms with Crippen LogP contribution in [0.4, 0.5) is 0 Å². The van der Waals surface area contributed by atoms with Gasteiger partial charge in [-0.15, -0.1) is 0 Å². The summed E-state index contributed by atoms with van der Waals surface area (Å²) in [6.45, 7) is 0. The van der Waals surface area contributed by atoms with Gasteiger partial charge in [-0.25, -0.2) is 0 Å². The van der Waals surface area contributed by atoms with E-state index < -0.39 is 6.10 Å². The quantitative estimate of drug-likeness (QED) is 0.281. The molecule has 3 aliphatic rings. The first-order chi connectivity index (χ1) is 19.5. The summed E-state index contributed by atoms with van der Waals surface area (Å²) in [6.07, 6.45) is 12.2. The number of aromatic nitrogens is 1. The van der Waals surface area contributed by atoms with Gasteiger partial charge in [-0.1, -0.05) is 61.4 Å². The van der Waals surface area contributed by atoms with Crippen molar-refractivity contribution in [1.82, 2.24) is 4.57 Å². The van der Waals surface area contributed by atoms with Gasteiger partial charge in [0.15, 0.2) is 5.78 Å². The molecule has 210 valence electrons. The predicted molar refractivity (Wildman–Crippen MR) is 157 cm³/mol. The second-order valence-electron chi connectivity index (χ2n) is 12.4. The van der Waals surface area contributed by atoms with Crippen LogP contribution < -0.4 is 10.3 Å². The highest BCUT2D eigenvalue weighted by atomic mass is 16.5. The zero-order valence-electron chi connectivity index (χ0n) is 23.3. The molecule has 0 unspecified atom stereocenters. The fourth-order valence-corrected chi connectivity index (χ4v) is 7.24. The molecule has 0 amide bonds. The van der Waals surface area contributed by atoms with Crippen molar-refractivity contribution in [3.8, 4) is 5.75 Å². The van der Waals surface area contributed by atoms with Gasteiger partial charge in [-0.3, -0.25) is 9.59 Å². The number of carbonyl (C=O) groups is 1. The Morgan fingerprint density at radius 3 is 2.48 bits per heavy atom. The number of carbonyl (C=O) groups excluding carboxylic acids is 1. The highest BCUT2D eigenvalue weighted by Gasteiger charge is 2.45. The molecule has 2 saturated carbocycles. The summed E-state index contributed by atoms with van der Waals surface area (Å²) in [5.41, 5.74) is 2.87. The van der Waals surface area contributed by atoms with Gasteiger partial charge in [0.1, 0.15) is 11.4 Å². The molecule has 2 aliphatic carbocycles. The summed E-state index contributed by atoms with van der Waals surface area (Å²) in [5, 5.41) is 11.6. The van der Waals surface area contributed by atoms with Gasteiger partial charge < -0.3 is 14.4 Å². The number of aliphatic hydroxyl groups is 1. The van der Waals surface area contributed by atoms with E-state index in [0.717, 1.165) is 62.7 Å². The van der Waals surface area contributed by atoms with E-state index in [1.54, 1.807) is 16.8 Å². The van der Waals surface area contributed by atoms with Gasteiger partial charge in [-0.2, -0.15) is 0 Å². The molecular formula is C35H41NO4. The number of fused-ring (bicyclic) bond motifs is 1. The number of ketones is 1. The Bertz CT molecular complexity index is 1370. The third kappa shape index (κ3) is 5.81. The Labute approximate surface area is 237 Å². The third-order valence-corrected chi connectivity index (χ3v) is 9.69. The zero-order chi connectivity index (χ0) is 27.5. The van der Waals surface area contributed by atoms with Crippen LogP contribution >= 0.6 is 0 Å². The first kappa shape index (κ1) is 27.0. The Morgan fingerprint density at radius 1 is 0.975 bits per heavy atom. The number of hydrogen-bond acceptors (Lipinski definition) is 4. The lowest BCUT2D eigenvalue weighted by Crippen LogP contribution is -2.47. The summed E-state index contributed by atoms with van der Waals surface area (Å²) in [5.74, 6) is 1.15. The van der Waals surface area contributed by atoms with E-state index in [1.807, 2.05) is 24.3 Å². The van der Waals surface area contributed by atoms with Crippen LogP contribution in [0.25, 0.3) is 0 Å². The average Bonchev–Trinajstić information content (AvgIpc) is 3.50. The van der Waals surface area contributed by atoms with E-state index in [-0.39, 0.29) is 35.3 Å². The van der Waals surface area contributed by atoms with Crippen LogP contribution in [0.1, 0.15) is 104 Å². The van der Waals surface area contributed by atoms with Crippen molar-refractivity contribution >= 4 is 5.78 Å². The molecule has 1 N–H and O–H groups in total. The maximum Gasteiger partial charge on any atom is 0.250 e. The number of hydrogen-bond donors (Lipinski definition) is 1. The minimum Gasteiger partial charge on any atom is -0.487 e. The predicted octanol–water partition coefficient (Wildman–Crippen LogP) is 7.03. The standard InChI is InChI=1S/C35H41NO4/c37-31(17-15-26-23-35(19-8-20-35)40-33-14-7-6-13-30(26)33)28(21-25-9-2-1-3-10-25)22-32(38)27-16-18-34(39)36(24-27)29-11-4-5-12-29/h1-3,6-7,9-10,13-14,16,18,24,26,28-29,31,37H,4-5,8,11-12,15,17,19-23H2/t26-,28+,31+/m0/s1. The molecule has 2 aromatic carbocycles. The molecule has 2 fully saturated rings. The van der Waals surface area contributed by atoms with Crippen molar-refractivity contribution in [2.24, 2.45) is 5.92 Å². The monoisotopic (exact) mass is 539 g/mol. The second kappa shape index (κ2) is 11.7. The number of aliphatic hydroxyl groups excluding tert-OH is 1. The molecule has 0 radical (unpaired) electrons. The van der Waals surface area contributed by atoms with E-state index in [4.69, 9.17) is 4.74 Å². The van der Waals surface area contributed by atoms with Crippen LogP contribution in [0.15, 0.2) is 77.7 Å². The maximum absolute atomic E-state index is 13.6. The molecule has 5 nitrogen and oxygen atoms in total. The van der Waals surface area contributed by atoms with Gasteiger partial charge in [0.2, 0.25) is 0 Å². The largest absolute Gasteiger partial charge is 0.487 e. The van der Waals surface area contributed by atoms with Crippen LogP contribution in [-0.2, 0) is 6.42 Å². The molecule has 3 aromatic rings. The summed E-state index contributed by atoms with van der Waals surface area (Å²) < 4.78 is 8.21. The fraction of sp³-hybridized carbons (Fsp3) is 0.486. The van der Waals surface area contributed by atoms with Gasteiger partial charge in [0, 0.05) is 30.3 Å². The summed E-state index contributed by atoms with van der Waals surface area (Å²) in [4.78, 5) is 26.1. The number of Topliss-reactive ketones (excluding diaryl/α,β-unsaturated/α-hetero) is 1. The van der Waals surface area contributed by atoms with Crippen molar-refractivity contribution in [2.45, 2.75) is 101 Å². The van der Waals surface area contributed by atoms with Gasteiger partial charge >= 0.3 is 0 Å². The normalized spacial score (nSPS) is 21.3. The van der Waals surface area contributed by atoms with Gasteiger partial charge in [0.05, 0.1) is 6.10 Å². The highest BCUT2D eigenvalue weighted by Crippen LogP contribution is 2.51. The number of benzene rings is 2. The Kier molecular flexibility index (Phi) is 7.93. The van der Waals surface area contributed by atoms with Gasteiger partial charge in [0.25, 0.3) is 5.56 Å². The zero-order valence-corrected chi connectivity index (χ0v) is 23.3. The summed E-state index contributed by atoms with van der Waals surface area (Å²) >= 11 is 0. The maximum atomic E-state index is 13.6. The van der Waals surface area contributed by atoms with E-state index in [2.05, 4.69) is 30.3 Å². The van der Waals surface area contributed by atoms with Crippen LogP contribution in [0.2, 0.25) is 0 Å². The molecule has 6 rings (SSSR count). The van der Waals surface area contributed by atoms with Crippen molar-refractivity contribution in [1.29, 1.82) is 0 Å². The minimum atomic E-state index is -0.600. The van der Waals surface area contributed by atoms with Crippen LogP contribution in [0.3, 0.4) is 0 Å². The van der Waals surface area contributed by atoms with E-state index in [0.29, 0.717) is 24.3 Å². The molecule has 5 heteroatoms. The molecular weight excluding hydrogens is 498 g/mol. The Morgan fingerprint density at radius 2 is 1.73 bits per heavy atom. The molecule has 0 saturated heterocycles. The number of nitrogens with zero attached hydrogens (tertiary/aromatic N) is 1. The number of ether oxygens (including phenoxy) is 1. The minimum absolute atomic E-state index is 0.00318. The van der Waals surface area contributed by atoms with Crippen LogP contribution in [0.5, 0.6) is 5.75 Å². The summed E-state index contributed by atoms with van der Waals surface area (Å²) in [7, 11) is 0. The fourth-order valence-electron chi connectivity index (χ4n) is 7.24. The number of pyridine rings is 1. The third-order valence-electron chi connectivity index (χ3n) is 9.69. The van der Waals surface area contributed by atoms with Crippen LogP contribution in [0, 0.1) is 5.92 Å². The molecule has 1 aliphatic heterocycles. The Balaban J connectivity index is 1.18. The SMILES string of the molecule is O=C(C[C@@H](Cc1ccccc1)[C@H](O)CC[C@H]1CC2(CCC2)Oc2ccccc21)c1ccc(=O)n(C2CCCC2)c1. The lowest BCUT2D eigenvalue weighted by Gasteiger charge is -2.48. The lowest BCUT2D eigenvalue weighted by molar-refractivity contribution is -0.0359. The number of rotatable bonds is 10. The molecule has 40 heavy (non-hydrogen) atoms. The van der Waals surface area contributed by atoms with E-state index in [1.165, 1.54) is 18.1 Å². The molecule has 3 atom stereocenters. The topological polar surface area (TPSA) is 68.5 Å². The van der Waals surface area contributed by atoms with E-state index in [9.17, 15) is 14.7 Å². The number of para-hydroxylation sites is 1. The molecule has 2 heterocycles. The first-order valence-corrected chi connectivity index (χ1v) is 15.2. The van der Waals surface area contributed by atoms with Crippen molar-refractivity contribution < 1.29 is 14.6 Å². The lowest BCUT2D eigenvalue weighted by atomic mass is 9.69.